The van der Waals surface area contributed by atoms with Gasteiger partial charge in [0.05, 0.1) is 42.1 Å². The average molecular weight is 425 g/mol. The van der Waals surface area contributed by atoms with Gasteiger partial charge in [-0.3, -0.25) is 0 Å². The van der Waals surface area contributed by atoms with E-state index in [2.05, 4.69) is 25.2 Å². The van der Waals surface area contributed by atoms with Crippen LogP contribution in [0, 0.1) is 17.8 Å². The molecular weight excluding hydrogens is 400 g/mol. The number of nitrogens with zero attached hydrogens (tertiary/aromatic N) is 6. The van der Waals surface area contributed by atoms with Crippen molar-refractivity contribution in [1.29, 1.82) is 0 Å². The number of hydrogen-bond acceptors (Lipinski definition) is 6. The fourth-order valence-corrected chi connectivity index (χ4v) is 4.64. The first kappa shape index (κ1) is 19.3. The molecule has 1 saturated heterocycles. The Bertz CT molecular complexity index is 939. The van der Waals surface area contributed by atoms with Gasteiger partial charge in [0.2, 0.25) is 5.95 Å². The van der Waals surface area contributed by atoms with Crippen molar-refractivity contribution >= 4 is 17.5 Å². The van der Waals surface area contributed by atoms with Crippen LogP contribution >= 0.6 is 11.6 Å². The molecule has 2 aromatic heterocycles. The van der Waals surface area contributed by atoms with Crippen LogP contribution < -0.4 is 9.64 Å². The van der Waals surface area contributed by atoms with E-state index in [1.165, 1.54) is 19.3 Å². The smallest absolute Gasteiger partial charge is 0.225 e. The van der Waals surface area contributed by atoms with Crippen LogP contribution in [0.25, 0.3) is 5.69 Å². The molecule has 8 heteroatoms. The number of hydrogen-bond donors (Lipinski definition) is 0. The average Bonchev–Trinajstić information content (AvgIpc) is 3.34. The van der Waals surface area contributed by atoms with Gasteiger partial charge in [-0.05, 0) is 67.7 Å². The zero-order valence-corrected chi connectivity index (χ0v) is 17.5. The van der Waals surface area contributed by atoms with Crippen molar-refractivity contribution in [2.45, 2.75) is 25.7 Å². The molecule has 156 valence electrons. The fraction of sp³-hybridized carbons (Fsp3) is 0.455. The summed E-state index contributed by atoms with van der Waals surface area (Å²) in [5, 5.41) is 8.42. The molecule has 1 aromatic carbocycles. The van der Waals surface area contributed by atoms with Gasteiger partial charge in [-0.1, -0.05) is 16.8 Å². The third kappa shape index (κ3) is 4.41. The lowest BCUT2D eigenvalue weighted by atomic mass is 9.90. The number of ether oxygens (including phenoxy) is 1. The van der Waals surface area contributed by atoms with Gasteiger partial charge in [0.25, 0.3) is 0 Å². The number of aromatic nitrogens is 5. The molecular formula is C22H25ClN6O. The van der Waals surface area contributed by atoms with Crippen LogP contribution in [-0.4, -0.2) is 44.7 Å². The second-order valence-electron chi connectivity index (χ2n) is 8.16. The highest BCUT2D eigenvalue weighted by Gasteiger charge is 2.43. The monoisotopic (exact) mass is 424 g/mol. The van der Waals surface area contributed by atoms with E-state index in [0.29, 0.717) is 5.02 Å². The summed E-state index contributed by atoms with van der Waals surface area (Å²) in [5.74, 6) is 4.20. The number of rotatable bonds is 7. The third-order valence-corrected chi connectivity index (χ3v) is 6.49. The summed E-state index contributed by atoms with van der Waals surface area (Å²) in [5.41, 5.74) is 0.984. The van der Waals surface area contributed by atoms with Crippen molar-refractivity contribution in [2.24, 2.45) is 17.8 Å². The quantitative estimate of drug-likeness (QED) is 0.570. The molecule has 0 radical (unpaired) electrons. The molecule has 1 saturated carbocycles. The van der Waals surface area contributed by atoms with Gasteiger partial charge in [0.1, 0.15) is 5.75 Å². The normalized spacial score (nSPS) is 21.6. The number of piperidine rings is 1. The van der Waals surface area contributed by atoms with Crippen LogP contribution in [0.4, 0.5) is 5.95 Å². The number of benzene rings is 1. The van der Waals surface area contributed by atoms with Crippen molar-refractivity contribution in [1.82, 2.24) is 25.0 Å². The Labute approximate surface area is 181 Å². The lowest BCUT2D eigenvalue weighted by molar-refractivity contribution is 0.284. The van der Waals surface area contributed by atoms with E-state index in [9.17, 15) is 0 Å². The SMILES string of the molecule is Clc1cnc(N2CCC(C3C[C@H]3CCOc3ccc(-n4ccnn4)cc3)CC2)nc1. The Morgan fingerprint density at radius 3 is 2.53 bits per heavy atom. The van der Waals surface area contributed by atoms with E-state index in [-0.39, 0.29) is 0 Å². The Hall–Kier alpha value is -2.67. The van der Waals surface area contributed by atoms with E-state index in [0.717, 1.165) is 61.3 Å². The van der Waals surface area contributed by atoms with Gasteiger partial charge in [0.15, 0.2) is 0 Å². The molecule has 2 fully saturated rings. The van der Waals surface area contributed by atoms with Crippen molar-refractivity contribution in [2.75, 3.05) is 24.6 Å². The molecule has 5 rings (SSSR count). The van der Waals surface area contributed by atoms with Crippen molar-refractivity contribution < 1.29 is 4.74 Å². The summed E-state index contributed by atoms with van der Waals surface area (Å²) in [7, 11) is 0. The molecule has 0 spiro atoms. The van der Waals surface area contributed by atoms with Crippen LogP contribution in [0.15, 0.2) is 49.1 Å². The van der Waals surface area contributed by atoms with Gasteiger partial charge >= 0.3 is 0 Å². The van der Waals surface area contributed by atoms with Gasteiger partial charge < -0.3 is 9.64 Å². The van der Waals surface area contributed by atoms with Crippen molar-refractivity contribution in [3.05, 3.63) is 54.1 Å². The second kappa shape index (κ2) is 8.60. The molecule has 1 aliphatic carbocycles. The highest BCUT2D eigenvalue weighted by molar-refractivity contribution is 6.30. The summed E-state index contributed by atoms with van der Waals surface area (Å²) in [4.78, 5) is 11.0. The molecule has 0 bridgehead atoms. The Morgan fingerprint density at radius 1 is 1.07 bits per heavy atom. The molecule has 0 N–H and O–H groups in total. The first-order chi connectivity index (χ1) is 14.8. The largest absolute Gasteiger partial charge is 0.494 e. The standard InChI is InChI=1S/C22H25ClN6O/c23-18-14-24-22(25-15-18)28-9-5-16(6-10-28)21-13-17(21)7-12-30-20-3-1-19(2-4-20)29-11-8-26-27-29/h1-4,8,11,14-17,21H,5-7,9-10,12-13H2/t17-,21?/m1/s1. The summed E-state index contributed by atoms with van der Waals surface area (Å²) in [6, 6.07) is 8.00. The summed E-state index contributed by atoms with van der Waals surface area (Å²) in [6.07, 6.45) is 11.8. The van der Waals surface area contributed by atoms with Crippen LogP contribution in [-0.2, 0) is 0 Å². The zero-order chi connectivity index (χ0) is 20.3. The van der Waals surface area contributed by atoms with Crippen molar-refractivity contribution in [3.63, 3.8) is 0 Å². The van der Waals surface area contributed by atoms with E-state index in [1.807, 2.05) is 30.5 Å². The van der Waals surface area contributed by atoms with Crippen LogP contribution in [0.2, 0.25) is 5.02 Å². The molecule has 1 unspecified atom stereocenters. The van der Waals surface area contributed by atoms with Gasteiger partial charge in [0, 0.05) is 13.1 Å². The minimum absolute atomic E-state index is 0.586. The van der Waals surface area contributed by atoms with Gasteiger partial charge in [-0.2, -0.15) is 0 Å². The maximum absolute atomic E-state index is 5.97. The Kier molecular flexibility index (Phi) is 5.53. The lowest BCUT2D eigenvalue weighted by Crippen LogP contribution is -2.35. The Morgan fingerprint density at radius 2 is 1.83 bits per heavy atom. The van der Waals surface area contributed by atoms with E-state index in [4.69, 9.17) is 16.3 Å². The maximum atomic E-state index is 5.97. The summed E-state index contributed by atoms with van der Waals surface area (Å²) < 4.78 is 7.71. The molecule has 2 aliphatic rings. The second-order valence-corrected chi connectivity index (χ2v) is 8.60. The van der Waals surface area contributed by atoms with E-state index in [1.54, 1.807) is 23.3 Å². The highest BCUT2D eigenvalue weighted by Crippen LogP contribution is 2.49. The van der Waals surface area contributed by atoms with E-state index >= 15 is 0 Å². The predicted molar refractivity (Wildman–Crippen MR) is 115 cm³/mol. The third-order valence-electron chi connectivity index (χ3n) is 6.29. The molecule has 7 nitrogen and oxygen atoms in total. The van der Waals surface area contributed by atoms with Crippen LogP contribution in [0.3, 0.4) is 0 Å². The fourth-order valence-electron chi connectivity index (χ4n) is 4.55. The molecule has 3 heterocycles. The van der Waals surface area contributed by atoms with Gasteiger partial charge in [-0.25, -0.2) is 14.6 Å². The van der Waals surface area contributed by atoms with E-state index < -0.39 is 0 Å². The molecule has 1 aliphatic heterocycles. The summed E-state index contributed by atoms with van der Waals surface area (Å²) >= 11 is 5.89. The highest BCUT2D eigenvalue weighted by atomic mass is 35.5. The molecule has 0 amide bonds. The first-order valence-electron chi connectivity index (χ1n) is 10.6. The Balaban J connectivity index is 1.03. The number of anilines is 1. The summed E-state index contributed by atoms with van der Waals surface area (Å²) in [6.45, 7) is 2.84. The van der Waals surface area contributed by atoms with Crippen LogP contribution in [0.5, 0.6) is 5.75 Å². The first-order valence-corrected chi connectivity index (χ1v) is 11.0. The lowest BCUT2D eigenvalue weighted by Gasteiger charge is -2.32. The van der Waals surface area contributed by atoms with Crippen LogP contribution in [0.1, 0.15) is 25.7 Å². The minimum Gasteiger partial charge on any atom is -0.494 e. The molecule has 3 aromatic rings. The predicted octanol–water partition coefficient (Wildman–Crippen LogP) is 4.03. The number of halogens is 1. The molecule has 2 atom stereocenters. The molecule has 30 heavy (non-hydrogen) atoms. The maximum Gasteiger partial charge on any atom is 0.225 e. The zero-order valence-electron chi connectivity index (χ0n) is 16.8. The topological polar surface area (TPSA) is 69.0 Å². The van der Waals surface area contributed by atoms with Gasteiger partial charge in [-0.15, -0.1) is 5.10 Å². The van der Waals surface area contributed by atoms with Crippen molar-refractivity contribution in [3.8, 4) is 11.4 Å². The minimum atomic E-state index is 0.586.